The van der Waals surface area contributed by atoms with Gasteiger partial charge in [-0.25, -0.2) is 0 Å². The topological polar surface area (TPSA) is 22.0 Å². The van der Waals surface area contributed by atoms with Crippen LogP contribution in [0.4, 0.5) is 0 Å². The van der Waals surface area contributed by atoms with Crippen LogP contribution in [0.25, 0.3) is 10.9 Å². The summed E-state index contributed by atoms with van der Waals surface area (Å²) in [6.45, 7) is 4.56. The van der Waals surface area contributed by atoms with Crippen molar-refractivity contribution in [1.82, 2.24) is 4.57 Å². The smallest absolute Gasteiger partial charge is 0.231 e. The van der Waals surface area contributed by atoms with Crippen molar-refractivity contribution in [2.75, 3.05) is 0 Å². The molecule has 2 aromatic rings. The van der Waals surface area contributed by atoms with Gasteiger partial charge in [0.05, 0.1) is 5.52 Å². The molecule has 1 aromatic carbocycles. The lowest BCUT2D eigenvalue weighted by Gasteiger charge is -2.46. The van der Waals surface area contributed by atoms with Crippen molar-refractivity contribution in [1.29, 1.82) is 0 Å². The largest absolute Gasteiger partial charge is 0.284 e. The van der Waals surface area contributed by atoms with Gasteiger partial charge in [0.25, 0.3) is 0 Å². The Hall–Kier alpha value is -1.57. The molecule has 122 valence electrons. The molecule has 2 aliphatic rings. The zero-order chi connectivity index (χ0) is 16.0. The van der Waals surface area contributed by atoms with Crippen LogP contribution in [0.3, 0.4) is 0 Å². The molecule has 1 aliphatic carbocycles. The number of rotatable bonds is 4. The van der Waals surface area contributed by atoms with Gasteiger partial charge in [0.2, 0.25) is 5.91 Å². The minimum atomic E-state index is 0.201. The van der Waals surface area contributed by atoms with Crippen LogP contribution >= 0.6 is 0 Å². The summed E-state index contributed by atoms with van der Waals surface area (Å²) >= 11 is 0. The first kappa shape index (κ1) is 15.0. The molecule has 0 spiro atoms. The molecule has 0 bridgehead atoms. The van der Waals surface area contributed by atoms with Crippen molar-refractivity contribution < 1.29 is 4.79 Å². The molecule has 0 N–H and O–H groups in total. The van der Waals surface area contributed by atoms with Crippen LogP contribution in [0, 0.1) is 5.41 Å². The molecular weight excluding hydrogens is 282 g/mol. The van der Waals surface area contributed by atoms with Crippen LogP contribution in [-0.2, 0) is 6.42 Å². The number of aromatic nitrogens is 1. The van der Waals surface area contributed by atoms with E-state index in [-0.39, 0.29) is 5.41 Å². The molecule has 0 saturated carbocycles. The maximum absolute atomic E-state index is 13.1. The molecule has 0 amide bonds. The van der Waals surface area contributed by atoms with Gasteiger partial charge in [-0.1, -0.05) is 44.9 Å². The van der Waals surface area contributed by atoms with Crippen molar-refractivity contribution in [2.45, 2.75) is 71.1 Å². The van der Waals surface area contributed by atoms with Gasteiger partial charge in [-0.15, -0.1) is 0 Å². The third-order valence-electron chi connectivity index (χ3n) is 6.49. The van der Waals surface area contributed by atoms with Crippen LogP contribution in [-0.4, -0.2) is 10.5 Å². The number of aryl methyl sites for hydroxylation is 1. The molecule has 0 saturated heterocycles. The Morgan fingerprint density at radius 3 is 2.87 bits per heavy atom. The van der Waals surface area contributed by atoms with E-state index in [1.54, 1.807) is 0 Å². The lowest BCUT2D eigenvalue weighted by Crippen LogP contribution is -2.41. The van der Waals surface area contributed by atoms with Crippen LogP contribution < -0.4 is 0 Å². The first-order valence-electron chi connectivity index (χ1n) is 9.37. The number of carbonyl (C=O) groups excluding carboxylic acids is 1. The van der Waals surface area contributed by atoms with E-state index in [2.05, 4.69) is 42.7 Å². The molecule has 0 fully saturated rings. The molecular formula is C21H27NO. The monoisotopic (exact) mass is 309 g/mol. The zero-order valence-electron chi connectivity index (χ0n) is 14.4. The average molecular weight is 309 g/mol. The van der Waals surface area contributed by atoms with E-state index in [0.717, 1.165) is 24.8 Å². The van der Waals surface area contributed by atoms with Gasteiger partial charge >= 0.3 is 0 Å². The average Bonchev–Trinajstić information content (AvgIpc) is 2.93. The number of fused-ring (bicyclic) bond motifs is 3. The Kier molecular flexibility index (Phi) is 3.59. The fourth-order valence-electron chi connectivity index (χ4n) is 5.28. The Bertz CT molecular complexity index is 757. The molecule has 1 aliphatic heterocycles. The standard InChI is InChI=1S/C21H27NO/c1-3-5-13-21(4-2)14-19(23)22-18-12-7-6-9-15(18)16-10-8-11-17(21)20(16)22/h6-7,9,12,17H,3-5,8,10-11,13-14H2,1-2H3/t17-,21+/m1/s1. The number of hydrogen-bond donors (Lipinski definition) is 0. The number of hydrogen-bond acceptors (Lipinski definition) is 1. The second kappa shape index (κ2) is 5.51. The highest BCUT2D eigenvalue weighted by molar-refractivity contribution is 5.97. The first-order valence-corrected chi connectivity index (χ1v) is 9.37. The molecule has 1 aromatic heterocycles. The number of para-hydroxylation sites is 1. The number of carbonyl (C=O) groups is 1. The molecule has 2 nitrogen and oxygen atoms in total. The van der Waals surface area contributed by atoms with Crippen LogP contribution in [0.5, 0.6) is 0 Å². The van der Waals surface area contributed by atoms with Crippen LogP contribution in [0.2, 0.25) is 0 Å². The van der Waals surface area contributed by atoms with Gasteiger partial charge in [-0.05, 0) is 49.1 Å². The predicted molar refractivity (Wildman–Crippen MR) is 95.1 cm³/mol. The molecule has 0 unspecified atom stereocenters. The SMILES string of the molecule is CCCC[C@@]1(CC)CC(=O)n2c3c(c4ccccc42)CCC[C@H]31. The van der Waals surface area contributed by atoms with Crippen LogP contribution in [0.1, 0.15) is 80.8 Å². The highest BCUT2D eigenvalue weighted by Gasteiger charge is 2.47. The summed E-state index contributed by atoms with van der Waals surface area (Å²) in [6, 6.07) is 8.53. The van der Waals surface area contributed by atoms with E-state index in [9.17, 15) is 4.79 Å². The molecule has 2 atom stereocenters. The third-order valence-corrected chi connectivity index (χ3v) is 6.49. The minimum absolute atomic E-state index is 0.201. The van der Waals surface area contributed by atoms with E-state index < -0.39 is 0 Å². The van der Waals surface area contributed by atoms with Gasteiger partial charge in [0, 0.05) is 23.4 Å². The van der Waals surface area contributed by atoms with Crippen molar-refractivity contribution in [2.24, 2.45) is 5.41 Å². The molecule has 0 radical (unpaired) electrons. The predicted octanol–water partition coefficient (Wildman–Crippen LogP) is 5.69. The van der Waals surface area contributed by atoms with E-state index >= 15 is 0 Å². The highest BCUT2D eigenvalue weighted by Crippen LogP contribution is 2.55. The van der Waals surface area contributed by atoms with Gasteiger partial charge < -0.3 is 0 Å². The Labute approximate surface area is 138 Å². The number of nitrogens with zero attached hydrogens (tertiary/aromatic N) is 1. The minimum Gasteiger partial charge on any atom is -0.284 e. The summed E-state index contributed by atoms with van der Waals surface area (Å²) in [5.74, 6) is 0.909. The van der Waals surface area contributed by atoms with E-state index in [1.807, 2.05) is 0 Å². The summed E-state index contributed by atoms with van der Waals surface area (Å²) in [7, 11) is 0. The second-order valence-corrected chi connectivity index (χ2v) is 7.55. The number of unbranched alkanes of at least 4 members (excludes halogenated alkanes) is 1. The van der Waals surface area contributed by atoms with Crippen molar-refractivity contribution in [3.63, 3.8) is 0 Å². The Morgan fingerprint density at radius 1 is 1.26 bits per heavy atom. The molecule has 2 heteroatoms. The third kappa shape index (κ3) is 2.03. The summed E-state index contributed by atoms with van der Waals surface area (Å²) in [4.78, 5) is 13.1. The molecule has 23 heavy (non-hydrogen) atoms. The summed E-state index contributed by atoms with van der Waals surface area (Å²) in [5, 5.41) is 1.32. The fraction of sp³-hybridized carbons (Fsp3) is 0.571. The maximum atomic E-state index is 13.1. The van der Waals surface area contributed by atoms with E-state index in [4.69, 9.17) is 0 Å². The molecule has 2 heterocycles. The highest BCUT2D eigenvalue weighted by atomic mass is 16.2. The van der Waals surface area contributed by atoms with Gasteiger partial charge in [-0.3, -0.25) is 9.36 Å². The summed E-state index contributed by atoms with van der Waals surface area (Å²) < 4.78 is 2.09. The number of benzene rings is 1. The lowest BCUT2D eigenvalue weighted by atomic mass is 9.61. The van der Waals surface area contributed by atoms with E-state index in [0.29, 0.717) is 11.8 Å². The summed E-state index contributed by atoms with van der Waals surface area (Å²) in [6.07, 6.45) is 9.20. The Morgan fingerprint density at radius 2 is 2.09 bits per heavy atom. The van der Waals surface area contributed by atoms with Crippen LogP contribution in [0.15, 0.2) is 24.3 Å². The van der Waals surface area contributed by atoms with Crippen molar-refractivity contribution >= 4 is 16.8 Å². The quantitative estimate of drug-likeness (QED) is 0.711. The fourth-order valence-corrected chi connectivity index (χ4v) is 5.28. The van der Waals surface area contributed by atoms with Gasteiger partial charge in [-0.2, -0.15) is 0 Å². The molecule has 4 rings (SSSR count). The lowest BCUT2D eigenvalue weighted by molar-refractivity contribution is 0.0658. The maximum Gasteiger partial charge on any atom is 0.231 e. The second-order valence-electron chi connectivity index (χ2n) is 7.55. The van der Waals surface area contributed by atoms with E-state index in [1.165, 1.54) is 48.7 Å². The van der Waals surface area contributed by atoms with Crippen molar-refractivity contribution in [3.8, 4) is 0 Å². The van der Waals surface area contributed by atoms with Crippen molar-refractivity contribution in [3.05, 3.63) is 35.5 Å². The van der Waals surface area contributed by atoms with Gasteiger partial charge in [0.15, 0.2) is 0 Å². The first-order chi connectivity index (χ1) is 11.2. The Balaban J connectivity index is 1.95. The normalized spacial score (nSPS) is 26.5. The van der Waals surface area contributed by atoms with Gasteiger partial charge in [0.1, 0.15) is 0 Å². The summed E-state index contributed by atoms with van der Waals surface area (Å²) in [5.41, 5.74) is 4.20. The zero-order valence-corrected chi connectivity index (χ0v) is 14.4.